The summed E-state index contributed by atoms with van der Waals surface area (Å²) in [6, 6.07) is 10.2. The van der Waals surface area contributed by atoms with Crippen LogP contribution >= 0.6 is 0 Å². The van der Waals surface area contributed by atoms with Gasteiger partial charge in [0.1, 0.15) is 6.07 Å². The number of esters is 1. The Morgan fingerprint density at radius 3 is 2.96 bits per heavy atom. The van der Waals surface area contributed by atoms with Crippen LogP contribution in [0.2, 0.25) is 0 Å². The maximum absolute atomic E-state index is 13.0. The summed E-state index contributed by atoms with van der Waals surface area (Å²) in [6.45, 7) is 2.03. The highest BCUT2D eigenvalue weighted by atomic mass is 16.5. The molecule has 0 amide bonds. The van der Waals surface area contributed by atoms with Gasteiger partial charge in [-0.3, -0.25) is 4.68 Å². The van der Waals surface area contributed by atoms with E-state index in [1.54, 1.807) is 11.6 Å². The van der Waals surface area contributed by atoms with Gasteiger partial charge in [0.25, 0.3) is 0 Å². The van der Waals surface area contributed by atoms with Gasteiger partial charge in [0.2, 0.25) is 0 Å². The average molecular weight is 370 g/mol. The maximum Gasteiger partial charge on any atom is 0.340 e. The van der Waals surface area contributed by atoms with Crippen LogP contribution in [-0.4, -0.2) is 27.3 Å². The van der Waals surface area contributed by atoms with E-state index in [1.807, 2.05) is 37.5 Å². The highest BCUT2D eigenvalue weighted by Crippen LogP contribution is 2.44. The van der Waals surface area contributed by atoms with Gasteiger partial charge in [0.15, 0.2) is 0 Å². The largest absolute Gasteiger partial charge is 0.462 e. The molecule has 2 aromatic heterocycles. The zero-order valence-corrected chi connectivity index (χ0v) is 15.7. The molecule has 6 nitrogen and oxygen atoms in total. The molecule has 138 valence electrons. The first-order chi connectivity index (χ1) is 13.6. The van der Waals surface area contributed by atoms with E-state index in [9.17, 15) is 10.1 Å². The van der Waals surface area contributed by atoms with Crippen molar-refractivity contribution >= 4 is 27.8 Å². The first kappa shape index (κ1) is 16.6. The second-order valence-corrected chi connectivity index (χ2v) is 7.02. The normalized spacial score (nSPS) is 12.6. The zero-order chi connectivity index (χ0) is 19.4. The van der Waals surface area contributed by atoms with Gasteiger partial charge in [0.05, 0.1) is 28.9 Å². The van der Waals surface area contributed by atoms with Gasteiger partial charge in [0, 0.05) is 40.7 Å². The number of hydrogen-bond donors (Lipinski definition) is 1. The van der Waals surface area contributed by atoms with Gasteiger partial charge in [-0.05, 0) is 31.4 Å². The van der Waals surface area contributed by atoms with Crippen molar-refractivity contribution in [3.8, 4) is 17.2 Å². The van der Waals surface area contributed by atoms with Crippen LogP contribution in [0.15, 0.2) is 30.5 Å². The quantitative estimate of drug-likeness (QED) is 0.543. The van der Waals surface area contributed by atoms with Gasteiger partial charge >= 0.3 is 5.97 Å². The summed E-state index contributed by atoms with van der Waals surface area (Å²) < 4.78 is 7.13. The van der Waals surface area contributed by atoms with E-state index in [4.69, 9.17) is 4.74 Å². The van der Waals surface area contributed by atoms with Crippen LogP contribution < -0.4 is 0 Å². The molecule has 0 bridgehead atoms. The van der Waals surface area contributed by atoms with Crippen LogP contribution in [0, 0.1) is 11.3 Å². The summed E-state index contributed by atoms with van der Waals surface area (Å²) in [5.74, 6) is -0.459. The van der Waals surface area contributed by atoms with E-state index in [-0.39, 0.29) is 6.61 Å². The molecule has 0 aliphatic heterocycles. The first-order valence-corrected chi connectivity index (χ1v) is 9.33. The standard InChI is InChI=1S/C22H18N4O2/c1-3-28-22(27)20-14(10-23)19-12-6-4-5-7-16(12)24-21(19)13-8-9-17-15(18(13)20)11-26(2)25-17/h4-7,11,24H,3,8-9H2,1-2H3. The van der Waals surface area contributed by atoms with Crippen LogP contribution in [0.3, 0.4) is 0 Å². The van der Waals surface area contributed by atoms with Gasteiger partial charge in [-0.2, -0.15) is 10.4 Å². The minimum absolute atomic E-state index is 0.254. The molecule has 0 saturated heterocycles. The van der Waals surface area contributed by atoms with Crippen molar-refractivity contribution in [2.24, 2.45) is 7.05 Å². The van der Waals surface area contributed by atoms with E-state index in [0.29, 0.717) is 11.1 Å². The van der Waals surface area contributed by atoms with Crippen molar-refractivity contribution in [1.29, 1.82) is 5.26 Å². The number of carbonyl (C=O) groups excluding carboxylic acids is 1. The fourth-order valence-electron chi connectivity index (χ4n) is 4.39. The van der Waals surface area contributed by atoms with Crippen LogP contribution in [0.5, 0.6) is 0 Å². The average Bonchev–Trinajstić information content (AvgIpc) is 3.26. The number of fused-ring (bicyclic) bond motifs is 7. The van der Waals surface area contributed by atoms with Crippen LogP contribution in [0.1, 0.15) is 34.1 Å². The van der Waals surface area contributed by atoms with Crippen LogP contribution in [0.4, 0.5) is 0 Å². The fourth-order valence-corrected chi connectivity index (χ4v) is 4.39. The Labute approximate surface area is 161 Å². The molecule has 4 aromatic rings. The first-order valence-electron chi connectivity index (χ1n) is 9.33. The Morgan fingerprint density at radius 1 is 1.36 bits per heavy atom. The molecule has 0 spiro atoms. The van der Waals surface area contributed by atoms with E-state index >= 15 is 0 Å². The number of aromatic nitrogens is 3. The van der Waals surface area contributed by atoms with Crippen molar-refractivity contribution < 1.29 is 9.53 Å². The highest BCUT2D eigenvalue weighted by molar-refractivity contribution is 6.17. The molecular formula is C22H18N4O2. The summed E-state index contributed by atoms with van der Waals surface area (Å²) in [4.78, 5) is 16.5. The molecule has 0 atom stereocenters. The molecule has 0 saturated carbocycles. The second kappa shape index (κ2) is 5.96. The Hall–Kier alpha value is -3.59. The minimum Gasteiger partial charge on any atom is -0.462 e. The Balaban J connectivity index is 2.01. The number of nitrogens with zero attached hydrogens (tertiary/aromatic N) is 3. The van der Waals surface area contributed by atoms with Crippen LogP contribution in [0.25, 0.3) is 32.9 Å². The molecule has 6 heteroatoms. The van der Waals surface area contributed by atoms with E-state index in [2.05, 4.69) is 16.2 Å². The number of rotatable bonds is 2. The van der Waals surface area contributed by atoms with E-state index in [1.165, 1.54) is 0 Å². The van der Waals surface area contributed by atoms with Crippen LogP contribution in [-0.2, 0) is 24.6 Å². The number of ether oxygens (including phenoxy) is 1. The fraction of sp³-hybridized carbons (Fsp3) is 0.227. The predicted molar refractivity (Wildman–Crippen MR) is 106 cm³/mol. The SMILES string of the molecule is CCOC(=O)c1c2c(c3[nH]c4ccccc4c3c1C#N)CCc1nn(C)cc1-2. The monoisotopic (exact) mass is 370 g/mol. The number of nitrogens with one attached hydrogen (secondary N) is 1. The predicted octanol–water partition coefficient (Wildman–Crippen LogP) is 3.87. The smallest absolute Gasteiger partial charge is 0.340 e. The topological polar surface area (TPSA) is 83.7 Å². The molecular weight excluding hydrogens is 352 g/mol. The number of aryl methyl sites for hydroxylation is 3. The summed E-state index contributed by atoms with van der Waals surface area (Å²) in [7, 11) is 1.87. The Morgan fingerprint density at radius 2 is 2.18 bits per heavy atom. The van der Waals surface area contributed by atoms with E-state index in [0.717, 1.165) is 57.0 Å². The third-order valence-corrected chi connectivity index (χ3v) is 5.44. The summed E-state index contributed by atoms with van der Waals surface area (Å²) >= 11 is 0. The van der Waals surface area contributed by atoms with Gasteiger partial charge < -0.3 is 9.72 Å². The number of para-hydroxylation sites is 1. The second-order valence-electron chi connectivity index (χ2n) is 7.02. The van der Waals surface area contributed by atoms with E-state index < -0.39 is 5.97 Å². The highest BCUT2D eigenvalue weighted by Gasteiger charge is 2.32. The van der Waals surface area contributed by atoms with Crippen molar-refractivity contribution in [2.45, 2.75) is 19.8 Å². The van der Waals surface area contributed by atoms with Crippen molar-refractivity contribution in [1.82, 2.24) is 14.8 Å². The lowest BCUT2D eigenvalue weighted by atomic mass is 9.82. The Kier molecular flexibility index (Phi) is 3.53. The number of aromatic amines is 1. The summed E-state index contributed by atoms with van der Waals surface area (Å²) in [5, 5.41) is 16.4. The molecule has 2 heterocycles. The minimum atomic E-state index is -0.459. The van der Waals surface area contributed by atoms with Crippen molar-refractivity contribution in [3.05, 3.63) is 52.8 Å². The molecule has 28 heavy (non-hydrogen) atoms. The summed E-state index contributed by atoms with van der Waals surface area (Å²) in [6.07, 6.45) is 3.47. The maximum atomic E-state index is 13.0. The molecule has 0 fully saturated rings. The molecule has 1 N–H and O–H groups in total. The van der Waals surface area contributed by atoms with Gasteiger partial charge in [-0.25, -0.2) is 4.79 Å². The number of nitriles is 1. The zero-order valence-electron chi connectivity index (χ0n) is 15.7. The van der Waals surface area contributed by atoms with Gasteiger partial charge in [-0.1, -0.05) is 18.2 Å². The number of benzene rings is 2. The molecule has 1 aliphatic rings. The molecule has 0 unspecified atom stereocenters. The third kappa shape index (κ3) is 2.13. The van der Waals surface area contributed by atoms with Gasteiger partial charge in [-0.15, -0.1) is 0 Å². The number of carbonyl (C=O) groups is 1. The lowest BCUT2D eigenvalue weighted by Gasteiger charge is -2.21. The number of H-pyrrole nitrogens is 1. The lowest BCUT2D eigenvalue weighted by molar-refractivity contribution is 0.0527. The summed E-state index contributed by atoms with van der Waals surface area (Å²) in [5.41, 5.74) is 6.28. The molecule has 2 aromatic carbocycles. The third-order valence-electron chi connectivity index (χ3n) is 5.44. The lowest BCUT2D eigenvalue weighted by Crippen LogP contribution is -2.14. The Bertz CT molecular complexity index is 1320. The van der Waals surface area contributed by atoms with Crippen molar-refractivity contribution in [3.63, 3.8) is 0 Å². The van der Waals surface area contributed by atoms with Crippen molar-refractivity contribution in [2.75, 3.05) is 6.61 Å². The molecule has 0 radical (unpaired) electrons. The molecule has 5 rings (SSSR count). The number of hydrogen-bond acceptors (Lipinski definition) is 4. The molecule has 1 aliphatic carbocycles.